The van der Waals surface area contributed by atoms with Crippen molar-refractivity contribution in [3.8, 4) is 0 Å². The number of carboxylic acid groups (broad SMARTS) is 1. The zero-order valence-electron chi connectivity index (χ0n) is 12.1. The van der Waals surface area contributed by atoms with Crippen LogP contribution in [0, 0.1) is 17.8 Å². The molecule has 0 bridgehead atoms. The Balaban J connectivity index is 2.81. The highest BCUT2D eigenvalue weighted by Gasteiger charge is 2.43. The van der Waals surface area contributed by atoms with Crippen molar-refractivity contribution in [2.75, 3.05) is 13.2 Å². The molecule has 0 aromatic rings. The number of aliphatic hydroxyl groups excluding tert-OH is 2. The maximum atomic E-state index is 12.3. The van der Waals surface area contributed by atoms with Gasteiger partial charge in [-0.1, -0.05) is 20.3 Å². The number of carboxylic acids is 1. The molecule has 0 aromatic heterocycles. The standard InChI is InChI=1S/C14H25NO5/c1-3-9-5-10(11(6-9)13(19)20)12(18)15-14(4-2,7-16)8-17/h9-11,16-17H,3-8H2,1-2H3,(H,15,18)(H,19,20). The van der Waals surface area contributed by atoms with Crippen LogP contribution < -0.4 is 5.32 Å². The maximum absolute atomic E-state index is 12.3. The molecule has 0 aliphatic heterocycles. The van der Waals surface area contributed by atoms with Crippen molar-refractivity contribution >= 4 is 11.9 Å². The summed E-state index contributed by atoms with van der Waals surface area (Å²) in [6.07, 6.45) is 2.30. The van der Waals surface area contributed by atoms with E-state index in [4.69, 9.17) is 0 Å². The van der Waals surface area contributed by atoms with Gasteiger partial charge in [-0.15, -0.1) is 0 Å². The van der Waals surface area contributed by atoms with Gasteiger partial charge in [-0.25, -0.2) is 0 Å². The van der Waals surface area contributed by atoms with Crippen LogP contribution in [-0.2, 0) is 9.59 Å². The minimum Gasteiger partial charge on any atom is -0.481 e. The number of aliphatic carboxylic acids is 1. The molecule has 116 valence electrons. The van der Waals surface area contributed by atoms with Gasteiger partial charge in [0.25, 0.3) is 0 Å². The van der Waals surface area contributed by atoms with E-state index in [1.807, 2.05) is 6.92 Å². The summed E-state index contributed by atoms with van der Waals surface area (Å²) in [6.45, 7) is 3.01. The molecular formula is C14H25NO5. The van der Waals surface area contributed by atoms with Gasteiger partial charge in [0.05, 0.1) is 30.6 Å². The average Bonchev–Trinajstić information content (AvgIpc) is 2.89. The maximum Gasteiger partial charge on any atom is 0.307 e. The van der Waals surface area contributed by atoms with Crippen molar-refractivity contribution in [2.24, 2.45) is 17.8 Å². The lowest BCUT2D eigenvalue weighted by Crippen LogP contribution is -2.55. The predicted octanol–water partition coefficient (Wildman–Crippen LogP) is 0.373. The zero-order valence-corrected chi connectivity index (χ0v) is 12.1. The van der Waals surface area contributed by atoms with E-state index in [1.165, 1.54) is 0 Å². The summed E-state index contributed by atoms with van der Waals surface area (Å²) >= 11 is 0. The molecule has 0 aromatic carbocycles. The van der Waals surface area contributed by atoms with Gasteiger partial charge in [0.15, 0.2) is 0 Å². The van der Waals surface area contributed by atoms with Crippen LogP contribution in [0.1, 0.15) is 39.5 Å². The lowest BCUT2D eigenvalue weighted by Gasteiger charge is -2.31. The summed E-state index contributed by atoms with van der Waals surface area (Å²) in [7, 11) is 0. The first-order valence-corrected chi connectivity index (χ1v) is 7.19. The fourth-order valence-corrected chi connectivity index (χ4v) is 2.83. The van der Waals surface area contributed by atoms with Crippen molar-refractivity contribution in [1.29, 1.82) is 0 Å². The molecule has 0 saturated heterocycles. The third-order valence-electron chi connectivity index (χ3n) is 4.56. The van der Waals surface area contributed by atoms with Gasteiger partial charge in [0.1, 0.15) is 0 Å². The van der Waals surface area contributed by atoms with E-state index in [1.54, 1.807) is 6.92 Å². The number of carbonyl (C=O) groups is 2. The number of hydrogen-bond donors (Lipinski definition) is 4. The average molecular weight is 287 g/mol. The van der Waals surface area contributed by atoms with Gasteiger partial charge in [0, 0.05) is 0 Å². The molecule has 6 nitrogen and oxygen atoms in total. The second-order valence-corrected chi connectivity index (χ2v) is 5.74. The van der Waals surface area contributed by atoms with Crippen LogP contribution in [0.2, 0.25) is 0 Å². The predicted molar refractivity (Wildman–Crippen MR) is 73.0 cm³/mol. The lowest BCUT2D eigenvalue weighted by molar-refractivity contribution is -0.146. The third-order valence-corrected chi connectivity index (χ3v) is 4.56. The molecule has 3 atom stereocenters. The number of amides is 1. The molecule has 3 unspecified atom stereocenters. The highest BCUT2D eigenvalue weighted by Crippen LogP contribution is 2.38. The Kier molecular flexibility index (Phi) is 5.95. The Labute approximate surface area is 119 Å². The second-order valence-electron chi connectivity index (χ2n) is 5.74. The first-order chi connectivity index (χ1) is 9.42. The molecule has 0 spiro atoms. The summed E-state index contributed by atoms with van der Waals surface area (Å²) < 4.78 is 0. The quantitative estimate of drug-likeness (QED) is 0.541. The van der Waals surface area contributed by atoms with E-state index in [9.17, 15) is 24.9 Å². The van der Waals surface area contributed by atoms with E-state index in [-0.39, 0.29) is 25.0 Å². The zero-order chi connectivity index (χ0) is 15.3. The van der Waals surface area contributed by atoms with E-state index in [0.29, 0.717) is 19.3 Å². The summed E-state index contributed by atoms with van der Waals surface area (Å²) in [5.74, 6) is -2.34. The highest BCUT2D eigenvalue weighted by atomic mass is 16.4. The van der Waals surface area contributed by atoms with Crippen molar-refractivity contribution in [3.63, 3.8) is 0 Å². The minimum absolute atomic E-state index is 0.242. The van der Waals surface area contributed by atoms with E-state index < -0.39 is 23.3 Å². The summed E-state index contributed by atoms with van der Waals surface area (Å²) in [6, 6.07) is 0. The van der Waals surface area contributed by atoms with Gasteiger partial charge in [0.2, 0.25) is 5.91 Å². The smallest absolute Gasteiger partial charge is 0.307 e. The van der Waals surface area contributed by atoms with Gasteiger partial charge in [-0.2, -0.15) is 0 Å². The van der Waals surface area contributed by atoms with Crippen molar-refractivity contribution in [2.45, 2.75) is 45.1 Å². The van der Waals surface area contributed by atoms with Gasteiger partial charge >= 0.3 is 5.97 Å². The third kappa shape index (κ3) is 3.49. The molecule has 1 rings (SSSR count). The van der Waals surface area contributed by atoms with E-state index in [2.05, 4.69) is 5.32 Å². The largest absolute Gasteiger partial charge is 0.481 e. The molecule has 0 heterocycles. The SMILES string of the molecule is CCC1CC(C(=O)O)C(C(=O)NC(CC)(CO)CO)C1. The summed E-state index contributed by atoms with van der Waals surface area (Å²) in [5.41, 5.74) is -1.07. The first-order valence-electron chi connectivity index (χ1n) is 7.19. The highest BCUT2D eigenvalue weighted by molar-refractivity contribution is 5.85. The van der Waals surface area contributed by atoms with Crippen LogP contribution in [0.4, 0.5) is 0 Å². The Bertz CT molecular complexity index is 345. The number of hydrogen-bond acceptors (Lipinski definition) is 4. The molecule has 1 aliphatic rings. The molecule has 1 fully saturated rings. The van der Waals surface area contributed by atoms with Crippen LogP contribution >= 0.6 is 0 Å². The summed E-state index contributed by atoms with van der Waals surface area (Å²) in [4.78, 5) is 23.6. The molecule has 1 amide bonds. The topological polar surface area (TPSA) is 107 Å². The fourth-order valence-electron chi connectivity index (χ4n) is 2.83. The minimum atomic E-state index is -1.07. The van der Waals surface area contributed by atoms with Crippen LogP contribution in [0.15, 0.2) is 0 Å². The lowest BCUT2D eigenvalue weighted by atomic mass is 9.92. The second kappa shape index (κ2) is 7.04. The number of aliphatic hydroxyl groups is 2. The van der Waals surface area contributed by atoms with Crippen molar-refractivity contribution in [1.82, 2.24) is 5.32 Å². The molecule has 0 radical (unpaired) electrons. The number of rotatable bonds is 7. The van der Waals surface area contributed by atoms with Gasteiger partial charge < -0.3 is 20.6 Å². The van der Waals surface area contributed by atoms with Crippen LogP contribution in [0.5, 0.6) is 0 Å². The van der Waals surface area contributed by atoms with Gasteiger partial charge in [-0.05, 0) is 25.2 Å². The molecule has 20 heavy (non-hydrogen) atoms. The first kappa shape index (κ1) is 16.9. The Hall–Kier alpha value is -1.14. The molecular weight excluding hydrogens is 262 g/mol. The fraction of sp³-hybridized carbons (Fsp3) is 0.857. The Morgan fingerprint density at radius 2 is 1.70 bits per heavy atom. The number of nitrogens with one attached hydrogen (secondary N) is 1. The van der Waals surface area contributed by atoms with Crippen LogP contribution in [-0.4, -0.2) is 45.9 Å². The molecule has 1 saturated carbocycles. The van der Waals surface area contributed by atoms with Gasteiger partial charge in [-0.3, -0.25) is 9.59 Å². The normalized spacial score (nSPS) is 26.5. The monoisotopic (exact) mass is 287 g/mol. The van der Waals surface area contributed by atoms with Crippen LogP contribution in [0.3, 0.4) is 0 Å². The summed E-state index contributed by atoms with van der Waals surface area (Å²) in [5, 5.41) is 30.6. The molecule has 6 heteroatoms. The van der Waals surface area contributed by atoms with Crippen molar-refractivity contribution in [3.05, 3.63) is 0 Å². The van der Waals surface area contributed by atoms with E-state index in [0.717, 1.165) is 6.42 Å². The number of carbonyl (C=O) groups excluding carboxylic acids is 1. The van der Waals surface area contributed by atoms with Crippen LogP contribution in [0.25, 0.3) is 0 Å². The van der Waals surface area contributed by atoms with E-state index >= 15 is 0 Å². The Morgan fingerprint density at radius 1 is 1.15 bits per heavy atom. The van der Waals surface area contributed by atoms with Crippen molar-refractivity contribution < 1.29 is 24.9 Å². The Morgan fingerprint density at radius 3 is 2.10 bits per heavy atom. The molecule has 1 aliphatic carbocycles. The molecule has 4 N–H and O–H groups in total.